The van der Waals surface area contributed by atoms with Crippen molar-refractivity contribution in [1.29, 1.82) is 0 Å². The van der Waals surface area contributed by atoms with Gasteiger partial charge in [0.2, 0.25) is 0 Å². The van der Waals surface area contributed by atoms with Gasteiger partial charge in [-0.05, 0) is 64.7 Å². The van der Waals surface area contributed by atoms with Crippen LogP contribution < -0.4 is 0 Å². The molecular formula is C52H34N4. The maximum absolute atomic E-state index is 5.38. The second kappa shape index (κ2) is 13.1. The molecule has 11 rings (SSSR count). The largest absolute Gasteiger partial charge is 0.309 e. The Kier molecular flexibility index (Phi) is 7.46. The van der Waals surface area contributed by atoms with Crippen LogP contribution in [0.5, 0.6) is 0 Å². The van der Waals surface area contributed by atoms with Gasteiger partial charge in [0.25, 0.3) is 0 Å². The molecule has 3 aromatic heterocycles. The maximum atomic E-state index is 5.38. The van der Waals surface area contributed by atoms with Crippen LogP contribution in [0.1, 0.15) is 0 Å². The highest BCUT2D eigenvalue weighted by atomic mass is 15.1. The summed E-state index contributed by atoms with van der Waals surface area (Å²) in [5.41, 5.74) is 13.2. The molecule has 56 heavy (non-hydrogen) atoms. The van der Waals surface area contributed by atoms with E-state index in [2.05, 4.69) is 209 Å². The minimum atomic E-state index is 0.677. The summed E-state index contributed by atoms with van der Waals surface area (Å²) in [6.07, 6.45) is 0. The van der Waals surface area contributed by atoms with E-state index in [-0.39, 0.29) is 0 Å². The Morgan fingerprint density at radius 2 is 0.786 bits per heavy atom. The summed E-state index contributed by atoms with van der Waals surface area (Å²) in [6.45, 7) is 0. The van der Waals surface area contributed by atoms with E-state index in [1.165, 1.54) is 43.8 Å². The Hall–Kier alpha value is -7.56. The SMILES string of the molecule is c1ccc(-c2cccc(-c3ccc(-c4nc(-c5ccccc5)cc(-n5c6ccccc6c6cc7c8ccccc8n(-c8ccccc8)c7cc65)n4)cc3)c2)cc1. The van der Waals surface area contributed by atoms with Crippen LogP contribution in [-0.4, -0.2) is 19.1 Å². The first-order chi connectivity index (χ1) is 27.8. The molecule has 0 spiro atoms. The van der Waals surface area contributed by atoms with E-state index < -0.39 is 0 Å². The van der Waals surface area contributed by atoms with Crippen molar-refractivity contribution >= 4 is 43.6 Å². The molecule has 11 aromatic rings. The van der Waals surface area contributed by atoms with Crippen LogP contribution >= 0.6 is 0 Å². The van der Waals surface area contributed by atoms with Gasteiger partial charge in [0, 0.05) is 44.4 Å². The van der Waals surface area contributed by atoms with Crippen molar-refractivity contribution in [3.63, 3.8) is 0 Å². The van der Waals surface area contributed by atoms with Crippen molar-refractivity contribution in [3.8, 4) is 56.4 Å². The predicted octanol–water partition coefficient (Wildman–Crippen LogP) is 13.3. The van der Waals surface area contributed by atoms with Crippen molar-refractivity contribution in [1.82, 2.24) is 19.1 Å². The van der Waals surface area contributed by atoms with Crippen molar-refractivity contribution in [2.75, 3.05) is 0 Å². The smallest absolute Gasteiger partial charge is 0.162 e. The predicted molar refractivity (Wildman–Crippen MR) is 232 cm³/mol. The Morgan fingerprint density at radius 3 is 1.45 bits per heavy atom. The van der Waals surface area contributed by atoms with Gasteiger partial charge >= 0.3 is 0 Å². The van der Waals surface area contributed by atoms with Crippen LogP contribution in [0.3, 0.4) is 0 Å². The molecule has 0 radical (unpaired) electrons. The first-order valence-corrected chi connectivity index (χ1v) is 19.0. The second-order valence-corrected chi connectivity index (χ2v) is 14.3. The standard InChI is InChI=1S/C52H34N4/c1-4-15-35(16-5-1)39-19-14-20-40(31-39)36-27-29-38(30-28-36)52-53-46(37-17-6-2-7-18-37)33-51(54-52)56-48-26-13-11-24-43(48)45-32-44-42-23-10-12-25-47(42)55(49(44)34-50(45)56)41-21-8-3-9-22-41/h1-34H. The highest BCUT2D eigenvalue weighted by Crippen LogP contribution is 2.40. The summed E-state index contributed by atoms with van der Waals surface area (Å²) >= 11 is 0. The van der Waals surface area contributed by atoms with Crippen LogP contribution in [0.25, 0.3) is 100 Å². The second-order valence-electron chi connectivity index (χ2n) is 14.3. The Morgan fingerprint density at radius 1 is 0.286 bits per heavy atom. The molecule has 0 aliphatic rings. The zero-order valence-electron chi connectivity index (χ0n) is 30.4. The topological polar surface area (TPSA) is 35.6 Å². The fourth-order valence-electron chi connectivity index (χ4n) is 8.29. The number of para-hydroxylation sites is 3. The first kappa shape index (κ1) is 31.9. The lowest BCUT2D eigenvalue weighted by atomic mass is 9.98. The van der Waals surface area contributed by atoms with Crippen molar-refractivity contribution in [2.45, 2.75) is 0 Å². The summed E-state index contributed by atoms with van der Waals surface area (Å²) in [7, 11) is 0. The molecule has 0 atom stereocenters. The molecule has 0 N–H and O–H groups in total. The van der Waals surface area contributed by atoms with Gasteiger partial charge in [-0.2, -0.15) is 0 Å². The molecule has 0 saturated heterocycles. The summed E-state index contributed by atoms with van der Waals surface area (Å²) in [5.74, 6) is 1.50. The molecule has 4 nitrogen and oxygen atoms in total. The fraction of sp³-hybridized carbons (Fsp3) is 0. The zero-order valence-corrected chi connectivity index (χ0v) is 30.4. The Balaban J connectivity index is 1.12. The number of benzene rings is 8. The van der Waals surface area contributed by atoms with Crippen LogP contribution in [0.2, 0.25) is 0 Å². The van der Waals surface area contributed by atoms with Crippen LogP contribution in [0.4, 0.5) is 0 Å². The molecule has 0 bridgehead atoms. The molecule has 0 aliphatic heterocycles. The fourth-order valence-corrected chi connectivity index (χ4v) is 8.29. The van der Waals surface area contributed by atoms with E-state index in [9.17, 15) is 0 Å². The number of hydrogen-bond acceptors (Lipinski definition) is 2. The number of fused-ring (bicyclic) bond motifs is 6. The van der Waals surface area contributed by atoms with Crippen LogP contribution in [0, 0.1) is 0 Å². The minimum absolute atomic E-state index is 0.677. The monoisotopic (exact) mass is 714 g/mol. The highest BCUT2D eigenvalue weighted by Gasteiger charge is 2.20. The van der Waals surface area contributed by atoms with Gasteiger partial charge in [0.05, 0.1) is 27.8 Å². The molecule has 8 aromatic carbocycles. The lowest BCUT2D eigenvalue weighted by Crippen LogP contribution is -2.02. The van der Waals surface area contributed by atoms with E-state index in [0.29, 0.717) is 5.82 Å². The van der Waals surface area contributed by atoms with E-state index in [1.54, 1.807) is 0 Å². The number of rotatable bonds is 6. The normalized spacial score (nSPS) is 11.6. The highest BCUT2D eigenvalue weighted by molar-refractivity contribution is 6.19. The van der Waals surface area contributed by atoms with Gasteiger partial charge in [0.1, 0.15) is 5.82 Å². The molecule has 0 fully saturated rings. The third kappa shape index (κ3) is 5.31. The van der Waals surface area contributed by atoms with Gasteiger partial charge < -0.3 is 4.57 Å². The van der Waals surface area contributed by atoms with E-state index in [1.807, 2.05) is 6.07 Å². The lowest BCUT2D eigenvalue weighted by Gasteiger charge is -2.13. The third-order valence-electron chi connectivity index (χ3n) is 10.9. The maximum Gasteiger partial charge on any atom is 0.162 e. The number of hydrogen-bond donors (Lipinski definition) is 0. The molecule has 0 saturated carbocycles. The van der Waals surface area contributed by atoms with Gasteiger partial charge in [-0.15, -0.1) is 0 Å². The third-order valence-corrected chi connectivity index (χ3v) is 10.9. The number of aromatic nitrogens is 4. The van der Waals surface area contributed by atoms with Crippen molar-refractivity contribution in [3.05, 3.63) is 206 Å². The van der Waals surface area contributed by atoms with Gasteiger partial charge in [-0.3, -0.25) is 4.57 Å². The van der Waals surface area contributed by atoms with Crippen LogP contribution in [-0.2, 0) is 0 Å². The quantitative estimate of drug-likeness (QED) is 0.172. The Bertz CT molecular complexity index is 3220. The molecule has 3 heterocycles. The Labute approximate surface area is 324 Å². The van der Waals surface area contributed by atoms with E-state index >= 15 is 0 Å². The first-order valence-electron chi connectivity index (χ1n) is 19.0. The summed E-state index contributed by atoms with van der Waals surface area (Å²) < 4.78 is 4.70. The molecule has 262 valence electrons. The van der Waals surface area contributed by atoms with Gasteiger partial charge in [0.15, 0.2) is 5.82 Å². The lowest BCUT2D eigenvalue weighted by molar-refractivity contribution is 1.05. The summed E-state index contributed by atoms with van der Waals surface area (Å²) in [6, 6.07) is 73.2. The van der Waals surface area contributed by atoms with Crippen molar-refractivity contribution < 1.29 is 0 Å². The number of nitrogens with zero attached hydrogens (tertiary/aromatic N) is 4. The van der Waals surface area contributed by atoms with E-state index in [4.69, 9.17) is 9.97 Å². The molecule has 0 unspecified atom stereocenters. The van der Waals surface area contributed by atoms with E-state index in [0.717, 1.165) is 50.4 Å². The zero-order chi connectivity index (χ0) is 37.0. The molecule has 4 heteroatoms. The van der Waals surface area contributed by atoms with Gasteiger partial charge in [-0.1, -0.05) is 158 Å². The summed E-state index contributed by atoms with van der Waals surface area (Å²) in [5, 5.41) is 4.83. The van der Waals surface area contributed by atoms with Crippen molar-refractivity contribution in [2.24, 2.45) is 0 Å². The average Bonchev–Trinajstić information content (AvgIpc) is 3.78. The minimum Gasteiger partial charge on any atom is -0.309 e. The van der Waals surface area contributed by atoms with Gasteiger partial charge in [-0.25, -0.2) is 9.97 Å². The van der Waals surface area contributed by atoms with Crippen LogP contribution in [0.15, 0.2) is 206 Å². The summed E-state index contributed by atoms with van der Waals surface area (Å²) in [4.78, 5) is 10.6. The molecule has 0 amide bonds. The molecule has 0 aliphatic carbocycles. The average molecular weight is 715 g/mol. The molecular weight excluding hydrogens is 681 g/mol.